The Morgan fingerprint density at radius 1 is 0.500 bits per heavy atom. The van der Waals surface area contributed by atoms with Gasteiger partial charge in [0.25, 0.3) is 0 Å². The van der Waals surface area contributed by atoms with Crippen molar-refractivity contribution in [3.05, 3.63) is 48.0 Å². The van der Waals surface area contributed by atoms with Crippen LogP contribution < -0.4 is 0 Å². The maximum atomic E-state index is 2.87. The van der Waals surface area contributed by atoms with Crippen LogP contribution >= 0.6 is 0 Å². The van der Waals surface area contributed by atoms with Crippen LogP contribution in [-0.4, -0.2) is 43.6 Å². The summed E-state index contributed by atoms with van der Waals surface area (Å²) in [5, 5.41) is 2.91. The van der Waals surface area contributed by atoms with Crippen LogP contribution in [0.3, 0.4) is 0 Å². The van der Waals surface area contributed by atoms with Crippen molar-refractivity contribution in [2.45, 2.75) is 91.2 Å². The van der Waals surface area contributed by atoms with Gasteiger partial charge in [0, 0.05) is 43.6 Å². The van der Waals surface area contributed by atoms with Gasteiger partial charge in [-0.3, -0.25) is 0 Å². The van der Waals surface area contributed by atoms with Gasteiger partial charge >= 0.3 is 0 Å². The van der Waals surface area contributed by atoms with Crippen LogP contribution in [0.25, 0.3) is 10.8 Å². The zero-order valence-electron chi connectivity index (χ0n) is 22.2. The SMILES string of the molecule is C[Si](C)(C)[Si](C)(C)[Si](C)(C)[Si](C)(C)[Si](C)(C)[Si](C)(C)Cc1cccc2ccccc12. The molecule has 0 saturated carbocycles. The molecule has 0 aliphatic heterocycles. The molecule has 2 rings (SSSR count). The number of hydrogen-bond acceptors (Lipinski definition) is 0. The molecule has 2 aromatic carbocycles. The Labute approximate surface area is 192 Å². The summed E-state index contributed by atoms with van der Waals surface area (Å²) in [6.45, 7) is 36.4. The maximum absolute atomic E-state index is 2.87. The lowest BCUT2D eigenvalue weighted by Crippen LogP contribution is -2.88. The lowest BCUT2D eigenvalue weighted by Gasteiger charge is -2.61. The average molecular weight is 505 g/mol. The van der Waals surface area contributed by atoms with Crippen LogP contribution in [0.5, 0.6) is 0 Å². The lowest BCUT2D eigenvalue weighted by molar-refractivity contribution is 1.37. The molecule has 0 amide bonds. The third-order valence-electron chi connectivity index (χ3n) is 10.8. The molecule has 0 radical (unpaired) electrons. The summed E-state index contributed by atoms with van der Waals surface area (Å²) < 4.78 is 0. The number of fused-ring (bicyclic) bond motifs is 1. The smallest absolute Gasteiger partial charge is 0.0429 e. The third-order valence-corrected chi connectivity index (χ3v) is 132. The highest BCUT2D eigenvalue weighted by molar-refractivity contribution is 7.97. The predicted octanol–water partition coefficient (Wildman–Crippen LogP) is 8.19. The van der Waals surface area contributed by atoms with Gasteiger partial charge in [-0.1, -0.05) is 128 Å². The largest absolute Gasteiger partial charge is 0.0735 e. The van der Waals surface area contributed by atoms with Crippen molar-refractivity contribution < 1.29 is 0 Å². The minimum atomic E-state index is -1.40. The molecule has 0 aromatic heterocycles. The average Bonchev–Trinajstić information content (AvgIpc) is 2.60. The molecule has 0 spiro atoms. The highest BCUT2D eigenvalue weighted by atomic mass is 30.0. The van der Waals surface area contributed by atoms with Crippen LogP contribution in [0.2, 0.25) is 85.1 Å². The van der Waals surface area contributed by atoms with Crippen LogP contribution in [-0.2, 0) is 6.04 Å². The summed E-state index contributed by atoms with van der Waals surface area (Å²) in [6.07, 6.45) is 0. The lowest BCUT2D eigenvalue weighted by atomic mass is 10.1. The van der Waals surface area contributed by atoms with Crippen molar-refractivity contribution in [2.24, 2.45) is 0 Å². The van der Waals surface area contributed by atoms with E-state index in [0.29, 0.717) is 0 Å². The van der Waals surface area contributed by atoms with Crippen LogP contribution in [0.15, 0.2) is 42.5 Å². The molecule has 2 aromatic rings. The fourth-order valence-corrected chi connectivity index (χ4v) is 157. The van der Waals surface area contributed by atoms with Crippen molar-refractivity contribution in [2.75, 3.05) is 0 Å². The van der Waals surface area contributed by atoms with Gasteiger partial charge in [0.05, 0.1) is 0 Å². The van der Waals surface area contributed by atoms with Gasteiger partial charge in [-0.05, 0) is 22.4 Å². The van der Waals surface area contributed by atoms with Gasteiger partial charge in [0.2, 0.25) is 0 Å². The van der Waals surface area contributed by atoms with Gasteiger partial charge < -0.3 is 0 Å². The molecule has 0 saturated heterocycles. The van der Waals surface area contributed by atoms with Crippen LogP contribution in [0.1, 0.15) is 5.56 Å². The predicted molar refractivity (Wildman–Crippen MR) is 158 cm³/mol. The summed E-state index contributed by atoms with van der Waals surface area (Å²) in [5.74, 6) is 0. The summed E-state index contributed by atoms with van der Waals surface area (Å²) in [4.78, 5) is 0. The zero-order chi connectivity index (χ0) is 23.4. The number of hydrogen-bond donors (Lipinski definition) is 0. The van der Waals surface area contributed by atoms with E-state index >= 15 is 0 Å². The van der Waals surface area contributed by atoms with E-state index in [0.717, 1.165) is 0 Å². The van der Waals surface area contributed by atoms with Gasteiger partial charge in [-0.25, -0.2) is 0 Å². The summed E-state index contributed by atoms with van der Waals surface area (Å²) in [5.41, 5.74) is 1.62. The molecule has 0 unspecified atom stereocenters. The Hall–Kier alpha value is 0.00130. The minimum absolute atomic E-state index is 1.11. The van der Waals surface area contributed by atoms with Crippen molar-refractivity contribution in [1.82, 2.24) is 0 Å². The zero-order valence-corrected chi connectivity index (χ0v) is 28.2. The normalized spacial score (nSPS) is 15.0. The first kappa shape index (κ1) is 26.3. The molecular weight excluding hydrogens is 457 g/mol. The van der Waals surface area contributed by atoms with Crippen LogP contribution in [0, 0.1) is 0 Å². The highest BCUT2D eigenvalue weighted by Crippen LogP contribution is 2.43. The third kappa shape index (κ3) is 4.05. The molecule has 168 valence electrons. The van der Waals surface area contributed by atoms with E-state index in [9.17, 15) is 0 Å². The van der Waals surface area contributed by atoms with Crippen LogP contribution in [0.4, 0.5) is 0 Å². The van der Waals surface area contributed by atoms with Crippen molar-refractivity contribution in [3.63, 3.8) is 0 Å². The Balaban J connectivity index is 2.54. The molecule has 0 fully saturated rings. The number of rotatable bonds is 7. The van der Waals surface area contributed by atoms with E-state index in [1.54, 1.807) is 5.56 Å². The topological polar surface area (TPSA) is 0 Å². The van der Waals surface area contributed by atoms with E-state index < -0.39 is 43.6 Å². The molecule has 0 N–H and O–H groups in total. The quantitative estimate of drug-likeness (QED) is 0.333. The highest BCUT2D eigenvalue weighted by Gasteiger charge is 2.64. The van der Waals surface area contributed by atoms with Crippen molar-refractivity contribution >= 4 is 54.4 Å². The Kier molecular flexibility index (Phi) is 7.08. The van der Waals surface area contributed by atoms with Crippen molar-refractivity contribution in [1.29, 1.82) is 0 Å². The second kappa shape index (κ2) is 8.09. The molecule has 30 heavy (non-hydrogen) atoms. The molecular formula is C24H48Si6. The second-order valence-corrected chi connectivity index (χ2v) is 79.6. The van der Waals surface area contributed by atoms with Crippen molar-refractivity contribution in [3.8, 4) is 0 Å². The second-order valence-electron chi connectivity index (χ2n) is 13.4. The monoisotopic (exact) mass is 504 g/mol. The molecule has 0 aliphatic rings. The van der Waals surface area contributed by atoms with Gasteiger partial charge in [0.15, 0.2) is 0 Å². The summed E-state index contributed by atoms with van der Waals surface area (Å²) in [6, 6.07) is 17.4. The summed E-state index contributed by atoms with van der Waals surface area (Å²) in [7, 11) is -7.66. The first-order chi connectivity index (χ1) is 13.3. The Bertz CT molecular complexity index is 898. The molecule has 0 atom stereocenters. The Morgan fingerprint density at radius 2 is 0.967 bits per heavy atom. The van der Waals surface area contributed by atoms with E-state index in [-0.39, 0.29) is 0 Å². The van der Waals surface area contributed by atoms with E-state index in [2.05, 4.69) is 128 Å². The molecule has 0 aliphatic carbocycles. The molecule has 0 heterocycles. The van der Waals surface area contributed by atoms with E-state index in [1.807, 2.05) is 0 Å². The maximum Gasteiger partial charge on any atom is 0.0429 e. The molecule has 0 nitrogen and oxygen atoms in total. The van der Waals surface area contributed by atoms with E-state index in [1.165, 1.54) is 16.8 Å². The Morgan fingerprint density at radius 3 is 1.50 bits per heavy atom. The fourth-order valence-electron chi connectivity index (χ4n) is 5.49. The first-order valence-corrected chi connectivity index (χ1v) is 35.5. The number of benzene rings is 2. The standard InChI is InChI=1S/C24H48Si6/c1-25(2,3)27(6,7)29(10,11)30(12,13)28(8,9)26(4,5)21-23-19-16-18-22-17-14-15-20-24(22)23/h14-20H,21H2,1-13H3. The van der Waals surface area contributed by atoms with E-state index in [4.69, 9.17) is 0 Å². The molecule has 6 heteroatoms. The fraction of sp³-hybridized carbons (Fsp3) is 0.583. The minimum Gasteiger partial charge on any atom is -0.0735 e. The van der Waals surface area contributed by atoms with Gasteiger partial charge in [0.1, 0.15) is 0 Å². The summed E-state index contributed by atoms with van der Waals surface area (Å²) >= 11 is 0. The first-order valence-electron chi connectivity index (χ1n) is 11.8. The van der Waals surface area contributed by atoms with Gasteiger partial charge in [-0.2, -0.15) is 0 Å². The van der Waals surface area contributed by atoms with Gasteiger partial charge in [-0.15, -0.1) is 0 Å². The molecule has 0 bridgehead atoms.